The first-order chi connectivity index (χ1) is 11.7. The summed E-state index contributed by atoms with van der Waals surface area (Å²) in [5.74, 6) is 1.16. The summed E-state index contributed by atoms with van der Waals surface area (Å²) in [4.78, 5) is 9.22. The van der Waals surface area contributed by atoms with Gasteiger partial charge in [-0.05, 0) is 26.0 Å². The van der Waals surface area contributed by atoms with Crippen LogP contribution in [0, 0.1) is 0 Å². The van der Waals surface area contributed by atoms with E-state index in [-0.39, 0.29) is 12.0 Å². The summed E-state index contributed by atoms with van der Waals surface area (Å²) in [6, 6.07) is 3.52. The Bertz CT molecular complexity index is 684. The molecule has 0 aromatic carbocycles. The van der Waals surface area contributed by atoms with Gasteiger partial charge in [0.25, 0.3) is 0 Å². The Balaban J connectivity index is 2.00. The minimum atomic E-state index is -1.11. The molecule has 0 radical (unpaired) electrons. The number of guanidine groups is 1. The summed E-state index contributed by atoms with van der Waals surface area (Å²) in [6.07, 6.45) is 1.55. The quantitative estimate of drug-likeness (QED) is 0.542. The van der Waals surface area contributed by atoms with Crippen LogP contribution in [0.15, 0.2) is 33.2 Å². The van der Waals surface area contributed by atoms with Gasteiger partial charge < -0.3 is 20.2 Å². The van der Waals surface area contributed by atoms with E-state index in [4.69, 9.17) is 4.42 Å². The first-order valence-corrected chi connectivity index (χ1v) is 9.34. The summed E-state index contributed by atoms with van der Waals surface area (Å²) in [5, 5.41) is 19.9. The molecule has 2 aromatic heterocycles. The van der Waals surface area contributed by atoms with E-state index in [1.54, 1.807) is 36.7 Å². The third-order valence-electron chi connectivity index (χ3n) is 3.69. The van der Waals surface area contributed by atoms with Gasteiger partial charge in [0.1, 0.15) is 16.4 Å². The number of aromatic nitrogens is 1. The van der Waals surface area contributed by atoms with E-state index in [1.165, 1.54) is 0 Å². The van der Waals surface area contributed by atoms with E-state index < -0.39 is 5.60 Å². The van der Waals surface area contributed by atoms with Crippen molar-refractivity contribution >= 4 is 17.3 Å². The minimum absolute atomic E-state index is 0.0446. The van der Waals surface area contributed by atoms with Crippen LogP contribution in [-0.4, -0.2) is 29.1 Å². The maximum atomic E-state index is 10.5. The molecule has 0 aliphatic carbocycles. The summed E-state index contributed by atoms with van der Waals surface area (Å²) >= 11 is 1.62. The molecule has 25 heavy (non-hydrogen) atoms. The number of rotatable bonds is 6. The third-order valence-corrected chi connectivity index (χ3v) is 4.52. The molecular weight excluding hydrogens is 336 g/mol. The average molecular weight is 365 g/mol. The first-order valence-electron chi connectivity index (χ1n) is 8.46. The molecule has 2 heterocycles. The molecule has 0 aliphatic rings. The second kappa shape index (κ2) is 8.01. The van der Waals surface area contributed by atoms with Crippen LogP contribution in [0.5, 0.6) is 0 Å². The Morgan fingerprint density at radius 3 is 2.64 bits per heavy atom. The van der Waals surface area contributed by atoms with Crippen molar-refractivity contribution in [3.8, 4) is 0 Å². The number of nitrogens with zero attached hydrogens (tertiary/aromatic N) is 2. The molecule has 0 saturated heterocycles. The van der Waals surface area contributed by atoms with Gasteiger partial charge in [0.05, 0.1) is 25.0 Å². The highest BCUT2D eigenvalue weighted by Crippen LogP contribution is 2.24. The zero-order valence-corrected chi connectivity index (χ0v) is 16.4. The van der Waals surface area contributed by atoms with Gasteiger partial charge >= 0.3 is 0 Å². The van der Waals surface area contributed by atoms with Crippen molar-refractivity contribution in [3.63, 3.8) is 0 Å². The third kappa shape index (κ3) is 5.57. The van der Waals surface area contributed by atoms with Crippen LogP contribution in [0.3, 0.4) is 0 Å². The smallest absolute Gasteiger partial charge is 0.191 e. The maximum Gasteiger partial charge on any atom is 0.191 e. The zero-order chi connectivity index (χ0) is 18.5. The van der Waals surface area contributed by atoms with Crippen LogP contribution in [-0.2, 0) is 17.6 Å². The summed E-state index contributed by atoms with van der Waals surface area (Å²) in [6.45, 7) is 11.7. The largest absolute Gasteiger partial charge is 0.466 e. The Kier molecular flexibility index (Phi) is 6.24. The predicted octanol–water partition coefficient (Wildman–Crippen LogP) is 3.00. The molecule has 1 atom stereocenters. The van der Waals surface area contributed by atoms with Crippen molar-refractivity contribution < 1.29 is 9.52 Å². The molecule has 3 N–H and O–H groups in total. The van der Waals surface area contributed by atoms with Crippen molar-refractivity contribution in [2.24, 2.45) is 4.99 Å². The number of aliphatic imine (C=N–C) groups is 1. The van der Waals surface area contributed by atoms with Crippen LogP contribution in [0.2, 0.25) is 0 Å². The first kappa shape index (κ1) is 19.5. The zero-order valence-electron chi connectivity index (χ0n) is 15.6. The van der Waals surface area contributed by atoms with Crippen LogP contribution in [0.1, 0.15) is 51.1 Å². The number of aliphatic hydroxyl groups is 1. The number of hydrogen-bond donors (Lipinski definition) is 3. The lowest BCUT2D eigenvalue weighted by Crippen LogP contribution is -2.44. The van der Waals surface area contributed by atoms with Crippen LogP contribution < -0.4 is 10.6 Å². The number of hydrogen-bond acceptors (Lipinski definition) is 5. The highest BCUT2D eigenvalue weighted by Gasteiger charge is 2.26. The molecule has 6 nitrogen and oxygen atoms in total. The van der Waals surface area contributed by atoms with Crippen LogP contribution in [0.25, 0.3) is 0 Å². The number of thiazole rings is 1. The number of furan rings is 1. The Hall–Kier alpha value is -1.86. The van der Waals surface area contributed by atoms with Gasteiger partial charge in [-0.15, -0.1) is 11.3 Å². The summed E-state index contributed by atoms with van der Waals surface area (Å²) in [7, 11) is 0. The highest BCUT2D eigenvalue weighted by molar-refractivity contribution is 7.09. The fourth-order valence-electron chi connectivity index (χ4n) is 2.14. The molecule has 0 spiro atoms. The van der Waals surface area contributed by atoms with Crippen LogP contribution in [0.4, 0.5) is 0 Å². The van der Waals surface area contributed by atoms with E-state index in [9.17, 15) is 5.11 Å². The van der Waals surface area contributed by atoms with E-state index >= 15 is 0 Å². The molecule has 2 aromatic rings. The molecule has 0 aliphatic heterocycles. The SMILES string of the molecule is CCNC(=NCc1nc(C(C)(C)C)cs1)NCC(C)(O)c1ccco1. The normalized spacial score (nSPS) is 15.0. The lowest BCUT2D eigenvalue weighted by Gasteiger charge is -2.22. The Morgan fingerprint density at radius 1 is 1.32 bits per heavy atom. The van der Waals surface area contributed by atoms with E-state index in [0.29, 0.717) is 18.3 Å². The van der Waals surface area contributed by atoms with Crippen molar-refractivity contribution in [2.45, 2.75) is 52.2 Å². The van der Waals surface area contributed by atoms with Crippen molar-refractivity contribution in [1.82, 2.24) is 15.6 Å². The molecular formula is C18H28N4O2S. The van der Waals surface area contributed by atoms with Gasteiger partial charge in [0, 0.05) is 17.3 Å². The molecule has 0 amide bonds. The Labute approximate surface area is 153 Å². The maximum absolute atomic E-state index is 10.5. The van der Waals surface area contributed by atoms with Gasteiger partial charge in [0.15, 0.2) is 5.96 Å². The van der Waals surface area contributed by atoms with Crippen molar-refractivity contribution in [3.05, 3.63) is 40.2 Å². The fraction of sp³-hybridized carbons (Fsp3) is 0.556. The van der Waals surface area contributed by atoms with Gasteiger partial charge in [0.2, 0.25) is 0 Å². The van der Waals surface area contributed by atoms with E-state index in [2.05, 4.69) is 46.8 Å². The number of nitrogens with one attached hydrogen (secondary N) is 2. The highest BCUT2D eigenvalue weighted by atomic mass is 32.1. The fourth-order valence-corrected chi connectivity index (χ4v) is 3.09. The molecule has 2 rings (SSSR count). The predicted molar refractivity (Wildman–Crippen MR) is 102 cm³/mol. The second-order valence-electron chi connectivity index (χ2n) is 7.18. The summed E-state index contributed by atoms with van der Waals surface area (Å²) in [5.41, 5.74) is 0.0184. The molecule has 0 fully saturated rings. The molecule has 7 heteroatoms. The Morgan fingerprint density at radius 2 is 2.08 bits per heavy atom. The minimum Gasteiger partial charge on any atom is -0.466 e. The molecule has 0 bridgehead atoms. The van der Waals surface area contributed by atoms with Crippen LogP contribution >= 0.6 is 11.3 Å². The van der Waals surface area contributed by atoms with Crippen molar-refractivity contribution in [1.29, 1.82) is 0 Å². The average Bonchev–Trinajstić information content (AvgIpc) is 3.20. The molecule has 138 valence electrons. The molecule has 0 saturated carbocycles. The van der Waals surface area contributed by atoms with Gasteiger partial charge in [-0.3, -0.25) is 0 Å². The van der Waals surface area contributed by atoms with Crippen molar-refractivity contribution in [2.75, 3.05) is 13.1 Å². The van der Waals surface area contributed by atoms with Gasteiger partial charge in [-0.2, -0.15) is 0 Å². The second-order valence-corrected chi connectivity index (χ2v) is 8.12. The monoisotopic (exact) mass is 364 g/mol. The van der Waals surface area contributed by atoms with E-state index in [0.717, 1.165) is 17.2 Å². The lowest BCUT2D eigenvalue weighted by molar-refractivity contribution is 0.0386. The lowest BCUT2D eigenvalue weighted by atomic mass is 9.93. The van der Waals surface area contributed by atoms with E-state index in [1.807, 2.05) is 6.92 Å². The molecule has 1 unspecified atom stereocenters. The van der Waals surface area contributed by atoms with Gasteiger partial charge in [-0.25, -0.2) is 9.98 Å². The van der Waals surface area contributed by atoms with Gasteiger partial charge in [-0.1, -0.05) is 20.8 Å². The topological polar surface area (TPSA) is 82.7 Å². The standard InChI is InChI=1S/C18H28N4O2S/c1-6-19-16(21-12-18(5,23)14-8-7-9-24-14)20-10-15-22-13(11-25-15)17(2,3)4/h7-9,11,23H,6,10,12H2,1-5H3,(H2,19,20,21). The summed E-state index contributed by atoms with van der Waals surface area (Å²) < 4.78 is 5.30.